The molecule has 11 heteroatoms. The molecule has 0 fully saturated rings. The summed E-state index contributed by atoms with van der Waals surface area (Å²) in [6, 6.07) is 0. The SMILES string of the molecule is Cn1c(=O)c2c(ncn2CO)n(C)c1=O.O=[N+]([O-])O. The molecule has 0 atom stereocenters. The van der Waals surface area contributed by atoms with Gasteiger partial charge < -0.3 is 14.9 Å². The molecule has 0 unspecified atom stereocenters. The van der Waals surface area contributed by atoms with E-state index >= 15 is 0 Å². The normalized spacial score (nSPS) is 10.1. The van der Waals surface area contributed by atoms with Gasteiger partial charge >= 0.3 is 5.69 Å². The topological polar surface area (TPSA) is 145 Å². The fourth-order valence-corrected chi connectivity index (χ4v) is 1.50. The van der Waals surface area contributed by atoms with E-state index in [0.717, 1.165) is 4.57 Å². The average molecular weight is 273 g/mol. The number of fused-ring (bicyclic) bond motifs is 1. The van der Waals surface area contributed by atoms with Crippen LogP contribution >= 0.6 is 0 Å². The van der Waals surface area contributed by atoms with Gasteiger partial charge in [0.2, 0.25) is 0 Å². The van der Waals surface area contributed by atoms with Gasteiger partial charge in [-0.15, -0.1) is 10.1 Å². The third kappa shape index (κ3) is 2.60. The molecule has 0 aliphatic carbocycles. The molecule has 0 aliphatic heterocycles. The highest BCUT2D eigenvalue weighted by molar-refractivity contribution is 5.69. The van der Waals surface area contributed by atoms with Gasteiger partial charge in [0.15, 0.2) is 11.2 Å². The molecule has 11 nitrogen and oxygen atoms in total. The predicted octanol–water partition coefficient (Wildman–Crippen LogP) is -1.96. The van der Waals surface area contributed by atoms with E-state index in [1.165, 1.54) is 29.6 Å². The molecular weight excluding hydrogens is 262 g/mol. The summed E-state index contributed by atoms with van der Waals surface area (Å²) in [5.74, 6) is 0. The number of hydrogen-bond donors (Lipinski definition) is 2. The van der Waals surface area contributed by atoms with Crippen LogP contribution in [0.1, 0.15) is 0 Å². The lowest BCUT2D eigenvalue weighted by Crippen LogP contribution is -2.37. The Kier molecular flexibility index (Phi) is 4.01. The predicted molar refractivity (Wildman–Crippen MR) is 61.2 cm³/mol. The Balaban J connectivity index is 0.000000399. The summed E-state index contributed by atoms with van der Waals surface area (Å²) in [4.78, 5) is 35.5. The minimum Gasteiger partial charge on any atom is -0.376 e. The summed E-state index contributed by atoms with van der Waals surface area (Å²) in [5, 5.41) is 22.6. The molecule has 0 saturated carbocycles. The van der Waals surface area contributed by atoms with Crippen LogP contribution in [0.5, 0.6) is 0 Å². The van der Waals surface area contributed by atoms with Crippen LogP contribution in [0.4, 0.5) is 0 Å². The Labute approximate surface area is 104 Å². The first-order chi connectivity index (χ1) is 8.81. The molecule has 0 radical (unpaired) electrons. The maximum Gasteiger partial charge on any atom is 0.332 e. The van der Waals surface area contributed by atoms with Crippen LogP contribution < -0.4 is 11.2 Å². The molecule has 19 heavy (non-hydrogen) atoms. The molecule has 2 rings (SSSR count). The van der Waals surface area contributed by atoms with Crippen molar-refractivity contribution in [1.29, 1.82) is 0 Å². The fraction of sp³-hybridized carbons (Fsp3) is 0.375. The largest absolute Gasteiger partial charge is 0.376 e. The molecule has 2 heterocycles. The lowest BCUT2D eigenvalue weighted by atomic mass is 10.5. The maximum absolute atomic E-state index is 11.7. The minimum atomic E-state index is -1.50. The van der Waals surface area contributed by atoms with Gasteiger partial charge in [-0.05, 0) is 0 Å². The first-order valence-corrected chi connectivity index (χ1v) is 4.86. The standard InChI is InChI=1S/C8H10N4O3.HNO3/c1-10-6-5(12(4-13)3-9-6)7(14)11(2)8(10)15;2-1(3)4/h3,13H,4H2,1-2H3;(H,2,3,4). The van der Waals surface area contributed by atoms with Crippen molar-refractivity contribution in [2.45, 2.75) is 6.73 Å². The van der Waals surface area contributed by atoms with Crippen molar-refractivity contribution in [2.24, 2.45) is 14.1 Å². The van der Waals surface area contributed by atoms with E-state index < -0.39 is 16.3 Å². The van der Waals surface area contributed by atoms with Crippen LogP contribution in [-0.2, 0) is 20.8 Å². The van der Waals surface area contributed by atoms with Crippen molar-refractivity contribution in [1.82, 2.24) is 18.7 Å². The van der Waals surface area contributed by atoms with E-state index in [2.05, 4.69) is 4.98 Å². The van der Waals surface area contributed by atoms with E-state index in [1.54, 1.807) is 0 Å². The Bertz CT molecular complexity index is 722. The molecule has 0 spiro atoms. The van der Waals surface area contributed by atoms with E-state index in [9.17, 15) is 9.59 Å². The van der Waals surface area contributed by atoms with Gasteiger partial charge in [0.1, 0.15) is 6.73 Å². The number of nitrogens with zero attached hydrogens (tertiary/aromatic N) is 5. The molecule has 0 bridgehead atoms. The van der Waals surface area contributed by atoms with Crippen LogP contribution in [0, 0.1) is 10.1 Å². The van der Waals surface area contributed by atoms with Gasteiger partial charge in [0, 0.05) is 14.1 Å². The summed E-state index contributed by atoms with van der Waals surface area (Å²) in [5.41, 5.74) is -0.394. The molecule has 0 aromatic carbocycles. The summed E-state index contributed by atoms with van der Waals surface area (Å²) in [6.45, 7) is -0.343. The average Bonchev–Trinajstić information content (AvgIpc) is 2.77. The number of aliphatic hydroxyl groups is 1. The van der Waals surface area contributed by atoms with Crippen molar-refractivity contribution in [2.75, 3.05) is 0 Å². The van der Waals surface area contributed by atoms with Crippen LogP contribution in [0.2, 0.25) is 0 Å². The summed E-state index contributed by atoms with van der Waals surface area (Å²) < 4.78 is 3.54. The second kappa shape index (κ2) is 5.30. The summed E-state index contributed by atoms with van der Waals surface area (Å²) >= 11 is 0. The number of aromatic nitrogens is 4. The van der Waals surface area contributed by atoms with Gasteiger partial charge in [-0.1, -0.05) is 0 Å². The van der Waals surface area contributed by atoms with Crippen molar-refractivity contribution in [3.63, 3.8) is 0 Å². The van der Waals surface area contributed by atoms with Crippen LogP contribution in [0.3, 0.4) is 0 Å². The third-order valence-electron chi connectivity index (χ3n) is 2.37. The first kappa shape index (κ1) is 14.4. The van der Waals surface area contributed by atoms with Gasteiger partial charge in [0.05, 0.1) is 6.33 Å². The lowest BCUT2D eigenvalue weighted by molar-refractivity contribution is -0.742. The van der Waals surface area contributed by atoms with E-state index in [0.29, 0.717) is 0 Å². The molecule has 2 aromatic rings. The zero-order valence-corrected chi connectivity index (χ0v) is 10.0. The molecule has 0 aliphatic rings. The summed E-state index contributed by atoms with van der Waals surface area (Å²) in [7, 11) is 2.91. The van der Waals surface area contributed by atoms with E-state index in [1.807, 2.05) is 0 Å². The second-order valence-electron chi connectivity index (χ2n) is 3.47. The molecule has 0 saturated heterocycles. The van der Waals surface area contributed by atoms with Crippen molar-refractivity contribution >= 4 is 11.2 Å². The van der Waals surface area contributed by atoms with Gasteiger partial charge in [0.25, 0.3) is 10.6 Å². The maximum atomic E-state index is 11.7. The number of imidazole rings is 1. The molecule has 2 aromatic heterocycles. The quantitative estimate of drug-likeness (QED) is 0.453. The first-order valence-electron chi connectivity index (χ1n) is 4.86. The lowest BCUT2D eigenvalue weighted by Gasteiger charge is -2.03. The molecule has 0 amide bonds. The number of aryl methyl sites for hydroxylation is 1. The zero-order valence-electron chi connectivity index (χ0n) is 10.0. The number of hydrogen-bond acceptors (Lipinski definition) is 6. The van der Waals surface area contributed by atoms with Crippen LogP contribution in [0.25, 0.3) is 11.2 Å². The number of aliphatic hydroxyl groups excluding tert-OH is 1. The smallest absolute Gasteiger partial charge is 0.332 e. The molecule has 2 N–H and O–H groups in total. The Morgan fingerprint density at radius 2 is 1.89 bits per heavy atom. The Hall–Kier alpha value is -2.69. The van der Waals surface area contributed by atoms with Gasteiger partial charge in [-0.25, -0.2) is 9.78 Å². The van der Waals surface area contributed by atoms with E-state index in [4.69, 9.17) is 20.4 Å². The Morgan fingerprint density at radius 1 is 1.37 bits per heavy atom. The van der Waals surface area contributed by atoms with Crippen molar-refractivity contribution in [3.05, 3.63) is 37.3 Å². The van der Waals surface area contributed by atoms with Crippen molar-refractivity contribution in [3.8, 4) is 0 Å². The number of rotatable bonds is 1. The second-order valence-corrected chi connectivity index (χ2v) is 3.47. The summed E-state index contributed by atoms with van der Waals surface area (Å²) in [6.07, 6.45) is 1.32. The highest BCUT2D eigenvalue weighted by Gasteiger charge is 2.13. The highest BCUT2D eigenvalue weighted by Crippen LogP contribution is 2.03. The van der Waals surface area contributed by atoms with Crippen LogP contribution in [0.15, 0.2) is 15.9 Å². The monoisotopic (exact) mass is 273 g/mol. The van der Waals surface area contributed by atoms with Gasteiger partial charge in [-0.2, -0.15) is 0 Å². The molecule has 104 valence electrons. The molecular formula is C8H11N5O6. The highest BCUT2D eigenvalue weighted by atomic mass is 16.9. The van der Waals surface area contributed by atoms with Gasteiger partial charge in [-0.3, -0.25) is 13.9 Å². The van der Waals surface area contributed by atoms with E-state index in [-0.39, 0.29) is 17.9 Å². The van der Waals surface area contributed by atoms with Crippen molar-refractivity contribution < 1.29 is 15.4 Å². The fourth-order valence-electron chi connectivity index (χ4n) is 1.50. The Morgan fingerprint density at radius 3 is 2.37 bits per heavy atom. The minimum absolute atomic E-state index is 0.224. The van der Waals surface area contributed by atoms with Crippen LogP contribution in [-0.4, -0.2) is 34.1 Å². The zero-order chi connectivity index (χ0) is 14.7. The third-order valence-corrected chi connectivity index (χ3v) is 2.37.